The number of benzene rings is 1. The summed E-state index contributed by atoms with van der Waals surface area (Å²) in [6.45, 7) is 1.80. The maximum atomic E-state index is 12.0. The van der Waals surface area contributed by atoms with E-state index in [1.807, 2.05) is 30.3 Å². The standard InChI is InChI=1S/C15H16N4O3/c1-9(16-14(20)11-7-12(11)15(21)22)13-8-19(18-17-13)10-5-3-2-4-6-10/h2-6,8-9,11-12H,7H2,1H3,(H,16,20)(H,21,22). The Morgan fingerprint density at radius 1 is 1.32 bits per heavy atom. The third kappa shape index (κ3) is 2.83. The van der Waals surface area contributed by atoms with Crippen molar-refractivity contribution in [3.63, 3.8) is 0 Å². The largest absolute Gasteiger partial charge is 0.481 e. The molecule has 3 rings (SSSR count). The number of nitrogens with one attached hydrogen (secondary N) is 1. The normalized spacial score (nSPS) is 21.1. The van der Waals surface area contributed by atoms with Crippen LogP contribution in [0.4, 0.5) is 0 Å². The summed E-state index contributed by atoms with van der Waals surface area (Å²) in [5.41, 5.74) is 1.51. The van der Waals surface area contributed by atoms with Crippen LogP contribution in [0.25, 0.3) is 5.69 Å². The smallest absolute Gasteiger partial charge is 0.307 e. The molecule has 1 aliphatic carbocycles. The molecule has 1 amide bonds. The number of aliphatic carboxylic acids is 1. The number of nitrogens with zero attached hydrogens (tertiary/aromatic N) is 3. The fourth-order valence-corrected chi connectivity index (χ4v) is 2.33. The minimum atomic E-state index is -0.914. The number of carboxylic acid groups (broad SMARTS) is 1. The van der Waals surface area contributed by atoms with Crippen LogP contribution >= 0.6 is 0 Å². The van der Waals surface area contributed by atoms with Gasteiger partial charge in [-0.05, 0) is 25.5 Å². The van der Waals surface area contributed by atoms with Crippen LogP contribution in [-0.4, -0.2) is 32.0 Å². The molecule has 0 saturated heterocycles. The molecule has 1 heterocycles. The first-order valence-corrected chi connectivity index (χ1v) is 7.07. The van der Waals surface area contributed by atoms with Gasteiger partial charge >= 0.3 is 5.97 Å². The molecule has 114 valence electrons. The van der Waals surface area contributed by atoms with Gasteiger partial charge in [-0.2, -0.15) is 0 Å². The van der Waals surface area contributed by atoms with Crippen LogP contribution in [0.15, 0.2) is 36.5 Å². The quantitative estimate of drug-likeness (QED) is 0.863. The summed E-state index contributed by atoms with van der Waals surface area (Å²) >= 11 is 0. The number of amides is 1. The molecule has 3 atom stereocenters. The first kappa shape index (κ1) is 14.2. The summed E-state index contributed by atoms with van der Waals surface area (Å²) < 4.78 is 1.63. The second-order valence-electron chi connectivity index (χ2n) is 5.44. The molecular formula is C15H16N4O3. The van der Waals surface area contributed by atoms with Crippen molar-refractivity contribution in [1.29, 1.82) is 0 Å². The van der Waals surface area contributed by atoms with Crippen molar-refractivity contribution in [2.75, 3.05) is 0 Å². The van der Waals surface area contributed by atoms with Gasteiger partial charge < -0.3 is 10.4 Å². The van der Waals surface area contributed by atoms with E-state index in [1.54, 1.807) is 17.8 Å². The summed E-state index contributed by atoms with van der Waals surface area (Å²) in [4.78, 5) is 22.7. The maximum Gasteiger partial charge on any atom is 0.307 e. The highest BCUT2D eigenvalue weighted by Gasteiger charge is 2.48. The lowest BCUT2D eigenvalue weighted by molar-refractivity contribution is -0.140. The lowest BCUT2D eigenvalue weighted by atomic mass is 10.2. The Labute approximate surface area is 126 Å². The van der Waals surface area contributed by atoms with Crippen molar-refractivity contribution in [3.8, 4) is 5.69 Å². The van der Waals surface area contributed by atoms with Gasteiger partial charge in [-0.15, -0.1) is 5.10 Å². The van der Waals surface area contributed by atoms with Crippen molar-refractivity contribution < 1.29 is 14.7 Å². The molecule has 0 aliphatic heterocycles. The van der Waals surface area contributed by atoms with E-state index < -0.39 is 17.8 Å². The monoisotopic (exact) mass is 300 g/mol. The van der Waals surface area contributed by atoms with Gasteiger partial charge in [0, 0.05) is 0 Å². The molecule has 2 aromatic rings. The molecule has 1 saturated carbocycles. The third-order valence-electron chi connectivity index (χ3n) is 3.78. The molecule has 0 spiro atoms. The average Bonchev–Trinajstić information content (AvgIpc) is 3.18. The molecule has 1 fully saturated rings. The van der Waals surface area contributed by atoms with Gasteiger partial charge in [0.1, 0.15) is 5.69 Å². The van der Waals surface area contributed by atoms with Crippen LogP contribution in [0.5, 0.6) is 0 Å². The Balaban J connectivity index is 1.64. The highest BCUT2D eigenvalue weighted by Crippen LogP contribution is 2.39. The van der Waals surface area contributed by atoms with Gasteiger partial charge in [0.05, 0.1) is 29.8 Å². The molecule has 7 nitrogen and oxygen atoms in total. The number of hydrogen-bond donors (Lipinski definition) is 2. The van der Waals surface area contributed by atoms with Crippen molar-refractivity contribution in [2.24, 2.45) is 11.8 Å². The predicted octanol–water partition coefficient (Wildman–Crippen LogP) is 1.17. The molecule has 3 unspecified atom stereocenters. The number of carbonyl (C=O) groups excluding carboxylic acids is 1. The number of aromatic nitrogens is 3. The minimum absolute atomic E-state index is 0.242. The number of rotatable bonds is 5. The zero-order chi connectivity index (χ0) is 15.7. The van der Waals surface area contributed by atoms with E-state index in [2.05, 4.69) is 15.6 Å². The van der Waals surface area contributed by atoms with Gasteiger partial charge in [-0.25, -0.2) is 4.68 Å². The molecule has 1 aliphatic rings. The topological polar surface area (TPSA) is 97.1 Å². The zero-order valence-electron chi connectivity index (χ0n) is 12.0. The summed E-state index contributed by atoms with van der Waals surface area (Å²) in [5, 5.41) is 19.7. The Hall–Kier alpha value is -2.70. The lowest BCUT2D eigenvalue weighted by Crippen LogP contribution is -2.29. The Morgan fingerprint density at radius 2 is 2.05 bits per heavy atom. The molecular weight excluding hydrogens is 284 g/mol. The van der Waals surface area contributed by atoms with E-state index in [0.29, 0.717) is 12.1 Å². The number of hydrogen-bond acceptors (Lipinski definition) is 4. The minimum Gasteiger partial charge on any atom is -0.481 e. The Morgan fingerprint density at radius 3 is 2.68 bits per heavy atom. The molecule has 1 aromatic carbocycles. The highest BCUT2D eigenvalue weighted by atomic mass is 16.4. The molecule has 7 heteroatoms. The third-order valence-corrected chi connectivity index (χ3v) is 3.78. The Kier molecular flexibility index (Phi) is 3.62. The lowest BCUT2D eigenvalue weighted by Gasteiger charge is -2.10. The van der Waals surface area contributed by atoms with Crippen LogP contribution in [0.1, 0.15) is 25.1 Å². The van der Waals surface area contributed by atoms with E-state index in [4.69, 9.17) is 5.11 Å². The summed E-state index contributed by atoms with van der Waals surface area (Å²) in [6.07, 6.45) is 2.16. The van der Waals surface area contributed by atoms with Crippen LogP contribution in [0.2, 0.25) is 0 Å². The van der Waals surface area contributed by atoms with Crippen molar-refractivity contribution in [3.05, 3.63) is 42.2 Å². The molecule has 0 radical (unpaired) electrons. The zero-order valence-corrected chi connectivity index (χ0v) is 12.0. The van der Waals surface area contributed by atoms with Crippen LogP contribution < -0.4 is 5.32 Å². The van der Waals surface area contributed by atoms with E-state index in [1.165, 1.54) is 0 Å². The summed E-state index contributed by atoms with van der Waals surface area (Å²) in [6, 6.07) is 9.22. The Bertz CT molecular complexity index is 698. The number of carboxylic acids is 1. The van der Waals surface area contributed by atoms with Crippen molar-refractivity contribution in [1.82, 2.24) is 20.3 Å². The second-order valence-corrected chi connectivity index (χ2v) is 5.44. The van der Waals surface area contributed by atoms with Crippen LogP contribution in [0.3, 0.4) is 0 Å². The van der Waals surface area contributed by atoms with E-state index in [9.17, 15) is 9.59 Å². The molecule has 1 aromatic heterocycles. The predicted molar refractivity (Wildman–Crippen MR) is 77.1 cm³/mol. The van der Waals surface area contributed by atoms with Crippen LogP contribution in [-0.2, 0) is 9.59 Å². The van der Waals surface area contributed by atoms with E-state index in [0.717, 1.165) is 5.69 Å². The van der Waals surface area contributed by atoms with E-state index in [-0.39, 0.29) is 11.9 Å². The van der Waals surface area contributed by atoms with Crippen LogP contribution in [0, 0.1) is 11.8 Å². The van der Waals surface area contributed by atoms with Crippen molar-refractivity contribution in [2.45, 2.75) is 19.4 Å². The highest BCUT2D eigenvalue weighted by molar-refractivity contribution is 5.89. The molecule has 22 heavy (non-hydrogen) atoms. The van der Waals surface area contributed by atoms with Gasteiger partial charge in [-0.3, -0.25) is 9.59 Å². The first-order valence-electron chi connectivity index (χ1n) is 7.07. The second kappa shape index (κ2) is 5.59. The molecule has 2 N–H and O–H groups in total. The fourth-order valence-electron chi connectivity index (χ4n) is 2.33. The SMILES string of the molecule is CC(NC(=O)C1CC1C(=O)O)c1cn(-c2ccccc2)nn1. The van der Waals surface area contributed by atoms with Crippen molar-refractivity contribution >= 4 is 11.9 Å². The van der Waals surface area contributed by atoms with Gasteiger partial charge in [-0.1, -0.05) is 23.4 Å². The van der Waals surface area contributed by atoms with Gasteiger partial charge in [0.2, 0.25) is 5.91 Å². The number of carbonyl (C=O) groups is 2. The average molecular weight is 300 g/mol. The van der Waals surface area contributed by atoms with E-state index >= 15 is 0 Å². The molecule has 0 bridgehead atoms. The fraction of sp³-hybridized carbons (Fsp3) is 0.333. The maximum absolute atomic E-state index is 12.0. The van der Waals surface area contributed by atoms with Gasteiger partial charge in [0.15, 0.2) is 0 Å². The van der Waals surface area contributed by atoms with Gasteiger partial charge in [0.25, 0.3) is 0 Å². The summed E-state index contributed by atoms with van der Waals surface area (Å²) in [7, 11) is 0. The number of para-hydroxylation sites is 1. The summed E-state index contributed by atoms with van der Waals surface area (Å²) in [5.74, 6) is -2.13. The first-order chi connectivity index (χ1) is 10.6.